The Kier molecular flexibility index (Phi) is 4.19. The molecule has 5 heteroatoms. The number of aryl methyl sites for hydroxylation is 3. The van der Waals surface area contributed by atoms with E-state index in [0.29, 0.717) is 24.2 Å². The van der Waals surface area contributed by atoms with Gasteiger partial charge in [-0.15, -0.1) is 0 Å². The van der Waals surface area contributed by atoms with Crippen molar-refractivity contribution in [1.82, 2.24) is 14.5 Å². The van der Waals surface area contributed by atoms with Gasteiger partial charge in [0.2, 0.25) is 0 Å². The Labute approximate surface area is 134 Å². The molecular formula is C18H21N3O2. The standard InChI is InChI=1S/C18H21N3O2/c1-12-5-7-15(8-6-12)23-10-4-9-21-14(3)20-17-16(18(21)22)11-13(2)19-17/h5-8,11,19H,4,9-10H2,1-3H3. The van der Waals surface area contributed by atoms with E-state index in [2.05, 4.69) is 9.97 Å². The smallest absolute Gasteiger partial charge is 0.263 e. The van der Waals surface area contributed by atoms with Crippen molar-refractivity contribution in [2.24, 2.45) is 0 Å². The van der Waals surface area contributed by atoms with Crippen molar-refractivity contribution in [3.05, 3.63) is 57.8 Å². The number of H-pyrrole nitrogens is 1. The maximum absolute atomic E-state index is 12.5. The minimum Gasteiger partial charge on any atom is -0.494 e. The van der Waals surface area contributed by atoms with Crippen LogP contribution in [0.5, 0.6) is 5.75 Å². The first-order valence-corrected chi connectivity index (χ1v) is 7.81. The summed E-state index contributed by atoms with van der Waals surface area (Å²) in [5.74, 6) is 1.58. The minimum absolute atomic E-state index is 0.00665. The normalized spacial score (nSPS) is 11.1. The second-order valence-electron chi connectivity index (χ2n) is 5.85. The van der Waals surface area contributed by atoms with E-state index < -0.39 is 0 Å². The number of fused-ring (bicyclic) bond motifs is 1. The molecule has 0 saturated carbocycles. The van der Waals surface area contributed by atoms with E-state index >= 15 is 0 Å². The predicted octanol–water partition coefficient (Wildman–Crippen LogP) is 3.12. The predicted molar refractivity (Wildman–Crippen MR) is 91.1 cm³/mol. The van der Waals surface area contributed by atoms with Gasteiger partial charge in [-0.2, -0.15) is 0 Å². The number of aromatic amines is 1. The number of nitrogens with zero attached hydrogens (tertiary/aromatic N) is 2. The van der Waals surface area contributed by atoms with Crippen molar-refractivity contribution in [2.75, 3.05) is 6.61 Å². The van der Waals surface area contributed by atoms with Crippen LogP contribution in [0.4, 0.5) is 0 Å². The third kappa shape index (κ3) is 3.28. The van der Waals surface area contributed by atoms with Crippen LogP contribution in [0.3, 0.4) is 0 Å². The lowest BCUT2D eigenvalue weighted by Gasteiger charge is -2.10. The molecule has 3 rings (SSSR count). The molecule has 0 amide bonds. The molecule has 3 aromatic rings. The Hall–Kier alpha value is -2.56. The quantitative estimate of drug-likeness (QED) is 0.737. The highest BCUT2D eigenvalue weighted by Gasteiger charge is 2.09. The maximum atomic E-state index is 12.5. The fourth-order valence-corrected chi connectivity index (χ4v) is 2.65. The van der Waals surface area contributed by atoms with Crippen LogP contribution in [0.2, 0.25) is 0 Å². The summed E-state index contributed by atoms with van der Waals surface area (Å²) in [4.78, 5) is 20.1. The zero-order valence-electron chi connectivity index (χ0n) is 13.7. The molecule has 23 heavy (non-hydrogen) atoms. The van der Waals surface area contributed by atoms with Crippen LogP contribution in [0, 0.1) is 20.8 Å². The first-order chi connectivity index (χ1) is 11.0. The molecule has 0 aliphatic heterocycles. The summed E-state index contributed by atoms with van der Waals surface area (Å²) in [5.41, 5.74) is 2.83. The molecule has 5 nitrogen and oxygen atoms in total. The molecule has 0 bridgehead atoms. The van der Waals surface area contributed by atoms with E-state index in [9.17, 15) is 4.79 Å². The van der Waals surface area contributed by atoms with E-state index in [1.807, 2.05) is 51.1 Å². The second kappa shape index (κ2) is 6.28. The number of benzene rings is 1. The zero-order valence-corrected chi connectivity index (χ0v) is 13.7. The number of ether oxygens (including phenoxy) is 1. The topological polar surface area (TPSA) is 59.9 Å². The molecule has 0 atom stereocenters. The Balaban J connectivity index is 1.67. The van der Waals surface area contributed by atoms with Gasteiger partial charge in [0.25, 0.3) is 5.56 Å². The number of rotatable bonds is 5. The van der Waals surface area contributed by atoms with Crippen LogP contribution >= 0.6 is 0 Å². The van der Waals surface area contributed by atoms with Crippen LogP contribution in [0.1, 0.15) is 23.5 Å². The van der Waals surface area contributed by atoms with E-state index in [1.54, 1.807) is 4.57 Å². The number of aromatic nitrogens is 3. The summed E-state index contributed by atoms with van der Waals surface area (Å²) in [6, 6.07) is 9.82. The monoisotopic (exact) mass is 311 g/mol. The van der Waals surface area contributed by atoms with Gasteiger partial charge in [-0.05, 0) is 45.4 Å². The molecule has 120 valence electrons. The van der Waals surface area contributed by atoms with Gasteiger partial charge in [-0.25, -0.2) is 4.98 Å². The Morgan fingerprint density at radius 2 is 1.91 bits per heavy atom. The SMILES string of the molecule is Cc1ccc(OCCCn2c(C)nc3[nH]c(C)cc3c2=O)cc1. The molecule has 0 saturated heterocycles. The van der Waals surface area contributed by atoms with Crippen molar-refractivity contribution >= 4 is 11.0 Å². The summed E-state index contributed by atoms with van der Waals surface area (Å²) in [6.07, 6.45) is 0.755. The molecule has 0 aliphatic carbocycles. The lowest BCUT2D eigenvalue weighted by Crippen LogP contribution is -2.24. The Bertz CT molecular complexity index is 876. The van der Waals surface area contributed by atoms with Gasteiger partial charge in [-0.3, -0.25) is 9.36 Å². The molecule has 0 aliphatic rings. The van der Waals surface area contributed by atoms with E-state index in [0.717, 1.165) is 23.7 Å². The highest BCUT2D eigenvalue weighted by Crippen LogP contribution is 2.12. The zero-order chi connectivity index (χ0) is 16.4. The van der Waals surface area contributed by atoms with Crippen LogP contribution < -0.4 is 10.3 Å². The van der Waals surface area contributed by atoms with Gasteiger partial charge < -0.3 is 9.72 Å². The van der Waals surface area contributed by atoms with Crippen molar-refractivity contribution in [1.29, 1.82) is 0 Å². The first-order valence-electron chi connectivity index (χ1n) is 7.81. The molecule has 0 unspecified atom stereocenters. The van der Waals surface area contributed by atoms with E-state index in [-0.39, 0.29) is 5.56 Å². The maximum Gasteiger partial charge on any atom is 0.263 e. The van der Waals surface area contributed by atoms with Gasteiger partial charge in [0.1, 0.15) is 17.2 Å². The van der Waals surface area contributed by atoms with Crippen molar-refractivity contribution in [3.63, 3.8) is 0 Å². The first kappa shape index (κ1) is 15.3. The van der Waals surface area contributed by atoms with E-state index in [4.69, 9.17) is 4.74 Å². The average Bonchev–Trinajstić information content (AvgIpc) is 2.88. The summed E-state index contributed by atoms with van der Waals surface area (Å²) in [7, 11) is 0. The van der Waals surface area contributed by atoms with Gasteiger partial charge in [0, 0.05) is 12.2 Å². The minimum atomic E-state index is 0.00665. The largest absolute Gasteiger partial charge is 0.494 e. The highest BCUT2D eigenvalue weighted by molar-refractivity contribution is 5.75. The van der Waals surface area contributed by atoms with Gasteiger partial charge in [-0.1, -0.05) is 17.7 Å². The van der Waals surface area contributed by atoms with Crippen LogP contribution in [-0.4, -0.2) is 21.1 Å². The van der Waals surface area contributed by atoms with Gasteiger partial charge in [0.05, 0.1) is 12.0 Å². The molecule has 0 fully saturated rings. The van der Waals surface area contributed by atoms with E-state index in [1.165, 1.54) is 5.56 Å². The average molecular weight is 311 g/mol. The number of hydrogen-bond acceptors (Lipinski definition) is 3. The summed E-state index contributed by atoms with van der Waals surface area (Å²) in [6.45, 7) is 7.00. The van der Waals surface area contributed by atoms with Crippen molar-refractivity contribution in [3.8, 4) is 5.75 Å². The van der Waals surface area contributed by atoms with Gasteiger partial charge >= 0.3 is 0 Å². The second-order valence-corrected chi connectivity index (χ2v) is 5.85. The summed E-state index contributed by atoms with van der Waals surface area (Å²) >= 11 is 0. The van der Waals surface area contributed by atoms with Crippen molar-refractivity contribution < 1.29 is 4.74 Å². The van der Waals surface area contributed by atoms with Crippen molar-refractivity contribution in [2.45, 2.75) is 33.7 Å². The third-order valence-electron chi connectivity index (χ3n) is 3.89. The van der Waals surface area contributed by atoms with Crippen LogP contribution in [0.15, 0.2) is 35.1 Å². The fraction of sp³-hybridized carbons (Fsp3) is 0.333. The summed E-state index contributed by atoms with van der Waals surface area (Å²) < 4.78 is 7.43. The molecular weight excluding hydrogens is 290 g/mol. The molecule has 0 radical (unpaired) electrons. The van der Waals surface area contributed by atoms with Gasteiger partial charge in [0.15, 0.2) is 0 Å². The summed E-state index contributed by atoms with van der Waals surface area (Å²) in [5, 5.41) is 0.646. The number of hydrogen-bond donors (Lipinski definition) is 1. The molecule has 2 heterocycles. The molecule has 1 aromatic carbocycles. The Morgan fingerprint density at radius 3 is 2.65 bits per heavy atom. The fourth-order valence-electron chi connectivity index (χ4n) is 2.65. The molecule has 1 N–H and O–H groups in total. The molecule has 2 aromatic heterocycles. The third-order valence-corrected chi connectivity index (χ3v) is 3.89. The van der Waals surface area contributed by atoms with Crippen LogP contribution in [-0.2, 0) is 6.54 Å². The van der Waals surface area contributed by atoms with Crippen LogP contribution in [0.25, 0.3) is 11.0 Å². The lowest BCUT2D eigenvalue weighted by atomic mass is 10.2. The lowest BCUT2D eigenvalue weighted by molar-refractivity contribution is 0.300. The Morgan fingerprint density at radius 1 is 1.17 bits per heavy atom. The molecule has 0 spiro atoms. The number of nitrogens with one attached hydrogen (secondary N) is 1. The highest BCUT2D eigenvalue weighted by atomic mass is 16.5.